The van der Waals surface area contributed by atoms with Crippen LogP contribution >= 0.6 is 0 Å². The first-order chi connectivity index (χ1) is 13.5. The molecular weight excluding hydrogens is 363 g/mol. The molecule has 28 heavy (non-hydrogen) atoms. The minimum absolute atomic E-state index is 0.0909. The van der Waals surface area contributed by atoms with Crippen LogP contribution in [0.3, 0.4) is 0 Å². The Morgan fingerprint density at radius 2 is 1.71 bits per heavy atom. The monoisotopic (exact) mass is 382 g/mol. The van der Waals surface area contributed by atoms with Crippen molar-refractivity contribution in [2.75, 3.05) is 7.11 Å². The number of nitrogens with zero attached hydrogens (tertiary/aromatic N) is 2. The second kappa shape index (κ2) is 8.14. The first kappa shape index (κ1) is 19.4. The summed E-state index contributed by atoms with van der Waals surface area (Å²) in [4.78, 5) is 20.4. The fourth-order valence-electron chi connectivity index (χ4n) is 3.09. The molecule has 0 aliphatic heterocycles. The van der Waals surface area contributed by atoms with Gasteiger partial charge < -0.3 is 14.6 Å². The minimum atomic E-state index is -1.56. The summed E-state index contributed by atoms with van der Waals surface area (Å²) in [5.74, 6) is -1.73. The van der Waals surface area contributed by atoms with E-state index in [0.29, 0.717) is 16.8 Å². The standard InChI is InChI=1S/C21H19FN2O4/c1-14-12-13-23-20(24-14)28-18(19(25)26)21(27-2,15-6-4-3-5-7-15)16-8-10-17(22)11-9-16/h3-13,18H,1-2H3,(H,25,26)/t18-,21-/m1/s1. The van der Waals surface area contributed by atoms with Crippen molar-refractivity contribution in [3.63, 3.8) is 0 Å². The van der Waals surface area contributed by atoms with Crippen molar-refractivity contribution in [2.24, 2.45) is 0 Å². The van der Waals surface area contributed by atoms with Crippen molar-refractivity contribution in [2.45, 2.75) is 18.6 Å². The number of aryl methyl sites for hydroxylation is 1. The molecule has 2 aromatic carbocycles. The topological polar surface area (TPSA) is 81.5 Å². The van der Waals surface area contributed by atoms with E-state index in [9.17, 15) is 14.3 Å². The summed E-state index contributed by atoms with van der Waals surface area (Å²) in [5.41, 5.74) is 0.0129. The molecule has 0 radical (unpaired) electrons. The zero-order valence-corrected chi connectivity index (χ0v) is 15.4. The van der Waals surface area contributed by atoms with Gasteiger partial charge in [-0.1, -0.05) is 42.5 Å². The number of rotatable bonds is 7. The predicted octanol–water partition coefficient (Wildman–Crippen LogP) is 3.35. The van der Waals surface area contributed by atoms with Crippen molar-refractivity contribution in [3.05, 3.63) is 89.5 Å². The van der Waals surface area contributed by atoms with Crippen LogP contribution in [0.5, 0.6) is 6.01 Å². The summed E-state index contributed by atoms with van der Waals surface area (Å²) in [6.07, 6.45) is -0.0574. The zero-order valence-electron chi connectivity index (χ0n) is 15.4. The van der Waals surface area contributed by atoms with Gasteiger partial charge in [0.05, 0.1) is 0 Å². The van der Waals surface area contributed by atoms with Gasteiger partial charge in [-0.3, -0.25) is 0 Å². The lowest BCUT2D eigenvalue weighted by molar-refractivity contribution is -0.160. The maximum Gasteiger partial charge on any atom is 0.348 e. The third-order valence-electron chi connectivity index (χ3n) is 4.39. The highest BCUT2D eigenvalue weighted by atomic mass is 19.1. The maximum atomic E-state index is 13.5. The average Bonchev–Trinajstić information content (AvgIpc) is 2.70. The van der Waals surface area contributed by atoms with E-state index in [-0.39, 0.29) is 6.01 Å². The molecule has 0 unspecified atom stereocenters. The van der Waals surface area contributed by atoms with E-state index in [4.69, 9.17) is 9.47 Å². The van der Waals surface area contributed by atoms with Crippen molar-refractivity contribution < 1.29 is 23.8 Å². The number of benzene rings is 2. The van der Waals surface area contributed by atoms with Gasteiger partial charge in [-0.15, -0.1) is 0 Å². The van der Waals surface area contributed by atoms with Gasteiger partial charge in [-0.05, 0) is 36.2 Å². The summed E-state index contributed by atoms with van der Waals surface area (Å²) >= 11 is 0. The van der Waals surface area contributed by atoms with Crippen LogP contribution in [0.25, 0.3) is 0 Å². The fourth-order valence-corrected chi connectivity index (χ4v) is 3.09. The fraction of sp³-hybridized carbons (Fsp3) is 0.190. The highest BCUT2D eigenvalue weighted by Crippen LogP contribution is 2.38. The smallest absolute Gasteiger partial charge is 0.348 e. The van der Waals surface area contributed by atoms with Crippen molar-refractivity contribution in [3.8, 4) is 6.01 Å². The lowest BCUT2D eigenvalue weighted by Gasteiger charge is -2.37. The largest absolute Gasteiger partial charge is 0.478 e. The summed E-state index contributed by atoms with van der Waals surface area (Å²) in [7, 11) is 1.38. The van der Waals surface area contributed by atoms with Crippen LogP contribution in [0.2, 0.25) is 0 Å². The lowest BCUT2D eigenvalue weighted by Crippen LogP contribution is -2.50. The molecule has 0 saturated carbocycles. The molecule has 0 saturated heterocycles. The Kier molecular flexibility index (Phi) is 5.65. The molecule has 144 valence electrons. The molecule has 0 amide bonds. The zero-order chi connectivity index (χ0) is 20.1. The van der Waals surface area contributed by atoms with Gasteiger partial charge in [0.15, 0.2) is 5.60 Å². The Bertz CT molecular complexity index is 950. The summed E-state index contributed by atoms with van der Waals surface area (Å²) in [5, 5.41) is 10.0. The van der Waals surface area contributed by atoms with Gasteiger partial charge >= 0.3 is 12.0 Å². The molecule has 0 spiro atoms. The number of ether oxygens (including phenoxy) is 2. The Labute approximate surface area is 161 Å². The summed E-state index contributed by atoms with van der Waals surface area (Å²) in [6.45, 7) is 1.74. The number of carboxylic acids is 1. The highest BCUT2D eigenvalue weighted by molar-refractivity contribution is 5.76. The average molecular weight is 382 g/mol. The third-order valence-corrected chi connectivity index (χ3v) is 4.39. The number of aromatic nitrogens is 2. The molecule has 3 aromatic rings. The molecule has 3 rings (SSSR count). The van der Waals surface area contributed by atoms with E-state index in [1.54, 1.807) is 43.3 Å². The van der Waals surface area contributed by atoms with Gasteiger partial charge in [-0.2, -0.15) is 0 Å². The number of carbonyl (C=O) groups is 1. The molecule has 0 aliphatic rings. The van der Waals surface area contributed by atoms with Crippen LogP contribution in [0.1, 0.15) is 16.8 Å². The van der Waals surface area contributed by atoms with E-state index < -0.39 is 23.5 Å². The Balaban J connectivity index is 2.20. The van der Waals surface area contributed by atoms with E-state index >= 15 is 0 Å². The minimum Gasteiger partial charge on any atom is -0.478 e. The van der Waals surface area contributed by atoms with E-state index in [0.717, 1.165) is 0 Å². The molecule has 1 heterocycles. The Morgan fingerprint density at radius 3 is 2.29 bits per heavy atom. The number of hydrogen-bond acceptors (Lipinski definition) is 5. The van der Waals surface area contributed by atoms with E-state index in [1.807, 2.05) is 0 Å². The first-order valence-electron chi connectivity index (χ1n) is 8.53. The van der Waals surface area contributed by atoms with Gasteiger partial charge in [0.2, 0.25) is 6.10 Å². The number of methoxy groups -OCH3 is 1. The SMILES string of the molecule is CO[C@](c1ccccc1)(c1ccc(F)cc1)[C@H](Oc1nccc(C)n1)C(=O)O. The van der Waals surface area contributed by atoms with Crippen LogP contribution in [0.15, 0.2) is 66.9 Å². The number of hydrogen-bond donors (Lipinski definition) is 1. The molecule has 0 fully saturated rings. The van der Waals surface area contributed by atoms with E-state index in [2.05, 4.69) is 9.97 Å². The summed E-state index contributed by atoms with van der Waals surface area (Å²) in [6, 6.07) is 15.8. The van der Waals surface area contributed by atoms with Gasteiger partial charge in [0.25, 0.3) is 0 Å². The highest BCUT2D eigenvalue weighted by Gasteiger charge is 2.49. The van der Waals surface area contributed by atoms with Gasteiger partial charge in [0.1, 0.15) is 5.82 Å². The quantitative estimate of drug-likeness (QED) is 0.675. The number of aliphatic carboxylic acids is 1. The van der Waals surface area contributed by atoms with Crippen molar-refractivity contribution >= 4 is 5.97 Å². The molecule has 6 nitrogen and oxygen atoms in total. The van der Waals surface area contributed by atoms with Crippen LogP contribution in [0, 0.1) is 12.7 Å². The molecule has 1 aromatic heterocycles. The van der Waals surface area contributed by atoms with Crippen LogP contribution < -0.4 is 4.74 Å². The molecular formula is C21H19FN2O4. The van der Waals surface area contributed by atoms with Gasteiger partial charge in [0, 0.05) is 19.0 Å². The van der Waals surface area contributed by atoms with Crippen LogP contribution in [-0.2, 0) is 15.1 Å². The molecule has 1 N–H and O–H groups in total. The number of carboxylic acid groups (broad SMARTS) is 1. The molecule has 0 bridgehead atoms. The molecule has 7 heteroatoms. The third kappa shape index (κ3) is 3.70. The lowest BCUT2D eigenvalue weighted by atomic mass is 9.81. The predicted molar refractivity (Wildman–Crippen MR) is 99.5 cm³/mol. The van der Waals surface area contributed by atoms with Gasteiger partial charge in [-0.25, -0.2) is 19.2 Å². The van der Waals surface area contributed by atoms with Crippen molar-refractivity contribution in [1.29, 1.82) is 0 Å². The normalized spacial score (nSPS) is 14.1. The van der Waals surface area contributed by atoms with E-state index in [1.165, 1.54) is 37.6 Å². The molecule has 0 aliphatic carbocycles. The molecule has 2 atom stereocenters. The Morgan fingerprint density at radius 1 is 1.07 bits per heavy atom. The first-order valence-corrected chi connectivity index (χ1v) is 8.53. The number of halogens is 1. The van der Waals surface area contributed by atoms with Crippen LogP contribution in [-0.4, -0.2) is 34.3 Å². The van der Waals surface area contributed by atoms with Crippen LogP contribution in [0.4, 0.5) is 4.39 Å². The second-order valence-corrected chi connectivity index (χ2v) is 6.13. The van der Waals surface area contributed by atoms with Crippen molar-refractivity contribution in [1.82, 2.24) is 9.97 Å². The Hall–Kier alpha value is -3.32. The summed E-state index contributed by atoms with van der Waals surface area (Å²) < 4.78 is 25.0. The second-order valence-electron chi connectivity index (χ2n) is 6.13. The maximum absolute atomic E-state index is 13.5.